The molecule has 2 heterocycles. The van der Waals surface area contributed by atoms with Crippen LogP contribution in [0.4, 0.5) is 11.4 Å². The van der Waals surface area contributed by atoms with Gasteiger partial charge in [0.1, 0.15) is 16.5 Å². The van der Waals surface area contributed by atoms with Crippen LogP contribution in [-0.2, 0) is 0 Å². The van der Waals surface area contributed by atoms with Crippen LogP contribution in [0.15, 0.2) is 64.6 Å². The molecule has 0 unspecified atom stereocenters. The van der Waals surface area contributed by atoms with Gasteiger partial charge in [0, 0.05) is 29.8 Å². The molecule has 2 amide bonds. The van der Waals surface area contributed by atoms with E-state index in [9.17, 15) is 9.59 Å². The lowest BCUT2D eigenvalue weighted by Gasteiger charge is -2.18. The number of aromatic nitrogens is 1. The molecule has 4 rings (SSSR count). The third-order valence-electron chi connectivity index (χ3n) is 4.75. The number of hydrogen-bond acceptors (Lipinski definition) is 6. The summed E-state index contributed by atoms with van der Waals surface area (Å²) in [6, 6.07) is 13.9. The zero-order valence-electron chi connectivity index (χ0n) is 16.6. The Kier molecular flexibility index (Phi) is 5.33. The summed E-state index contributed by atoms with van der Waals surface area (Å²) < 4.78 is 10.6. The minimum absolute atomic E-state index is 0.136. The predicted octanol–water partition coefficient (Wildman–Crippen LogP) is 4.09. The van der Waals surface area contributed by atoms with Gasteiger partial charge in [0.15, 0.2) is 0 Å². The van der Waals surface area contributed by atoms with Crippen LogP contribution in [0.5, 0.6) is 11.5 Å². The van der Waals surface area contributed by atoms with Gasteiger partial charge in [-0.1, -0.05) is 11.8 Å². The van der Waals surface area contributed by atoms with E-state index in [1.807, 2.05) is 0 Å². The number of methoxy groups -OCH3 is 2. The van der Waals surface area contributed by atoms with Crippen molar-refractivity contribution in [3.63, 3.8) is 0 Å². The van der Waals surface area contributed by atoms with E-state index in [0.29, 0.717) is 33.3 Å². The van der Waals surface area contributed by atoms with Gasteiger partial charge in [0.05, 0.1) is 31.2 Å². The summed E-state index contributed by atoms with van der Waals surface area (Å²) >= 11 is 1.36. The van der Waals surface area contributed by atoms with Crippen LogP contribution in [0.2, 0.25) is 0 Å². The van der Waals surface area contributed by atoms with E-state index < -0.39 is 0 Å². The van der Waals surface area contributed by atoms with Crippen LogP contribution in [0.1, 0.15) is 20.7 Å². The molecule has 7 nitrogen and oxygen atoms in total. The van der Waals surface area contributed by atoms with Gasteiger partial charge in [-0.25, -0.2) is 4.98 Å². The fourth-order valence-electron chi connectivity index (χ4n) is 3.15. The van der Waals surface area contributed by atoms with Gasteiger partial charge >= 0.3 is 0 Å². The molecule has 1 aliphatic heterocycles. The fraction of sp³-hybridized carbons (Fsp3) is 0.136. The number of pyridine rings is 1. The molecular weight excluding hydrogens is 402 g/mol. The van der Waals surface area contributed by atoms with Gasteiger partial charge in [-0.05, 0) is 42.5 Å². The number of benzene rings is 2. The molecule has 8 heteroatoms. The molecular formula is C22H19N3O4S. The maximum Gasteiger partial charge on any atom is 0.260 e. The zero-order chi connectivity index (χ0) is 21.3. The Labute approximate surface area is 178 Å². The smallest absolute Gasteiger partial charge is 0.260 e. The highest BCUT2D eigenvalue weighted by atomic mass is 32.2. The SMILES string of the molecule is COc1ccc(OC)c(NC(=O)c2ccc3c(c2)Sc2ncccc2C(=O)N3C)c1. The van der Waals surface area contributed by atoms with Crippen LogP contribution >= 0.6 is 11.8 Å². The van der Waals surface area contributed by atoms with E-state index in [-0.39, 0.29) is 11.8 Å². The summed E-state index contributed by atoms with van der Waals surface area (Å²) in [6.45, 7) is 0. The topological polar surface area (TPSA) is 80.8 Å². The number of fused-ring (bicyclic) bond motifs is 2. The number of carbonyl (C=O) groups excluding carboxylic acids is 2. The van der Waals surface area contributed by atoms with Crippen molar-refractivity contribution in [1.29, 1.82) is 0 Å². The molecule has 1 aromatic heterocycles. The van der Waals surface area contributed by atoms with Gasteiger partial charge in [0.2, 0.25) is 0 Å². The maximum atomic E-state index is 12.9. The van der Waals surface area contributed by atoms with Crippen molar-refractivity contribution < 1.29 is 19.1 Å². The van der Waals surface area contributed by atoms with E-state index in [0.717, 1.165) is 10.6 Å². The van der Waals surface area contributed by atoms with E-state index >= 15 is 0 Å². The van der Waals surface area contributed by atoms with Crippen LogP contribution in [0.25, 0.3) is 0 Å². The number of nitrogens with zero attached hydrogens (tertiary/aromatic N) is 2. The molecule has 0 aliphatic carbocycles. The Hall–Kier alpha value is -3.52. The summed E-state index contributed by atoms with van der Waals surface area (Å²) in [5, 5.41) is 3.48. The third kappa shape index (κ3) is 3.57. The minimum atomic E-state index is -0.301. The lowest BCUT2D eigenvalue weighted by atomic mass is 10.1. The summed E-state index contributed by atoms with van der Waals surface area (Å²) in [5.41, 5.74) is 2.21. The van der Waals surface area contributed by atoms with Crippen LogP contribution < -0.4 is 19.7 Å². The van der Waals surface area contributed by atoms with Crippen molar-refractivity contribution in [2.45, 2.75) is 9.92 Å². The van der Waals surface area contributed by atoms with Crippen molar-refractivity contribution in [1.82, 2.24) is 4.98 Å². The molecule has 0 saturated heterocycles. The van der Waals surface area contributed by atoms with Gasteiger partial charge in [-0.15, -0.1) is 0 Å². The molecule has 0 fully saturated rings. The Bertz CT molecular complexity index is 1150. The molecule has 0 bridgehead atoms. The highest BCUT2D eigenvalue weighted by Crippen LogP contribution is 2.40. The molecule has 0 atom stereocenters. The molecule has 0 radical (unpaired) electrons. The summed E-state index contributed by atoms with van der Waals surface area (Å²) in [7, 11) is 4.80. The van der Waals surface area contributed by atoms with Gasteiger partial charge in [0.25, 0.3) is 11.8 Å². The first-order valence-electron chi connectivity index (χ1n) is 9.10. The number of anilines is 2. The van der Waals surface area contributed by atoms with E-state index in [2.05, 4.69) is 10.3 Å². The maximum absolute atomic E-state index is 12.9. The van der Waals surface area contributed by atoms with Crippen LogP contribution in [0, 0.1) is 0 Å². The van der Waals surface area contributed by atoms with Gasteiger partial charge in [-0.2, -0.15) is 0 Å². The second-order valence-corrected chi connectivity index (χ2v) is 7.56. The fourth-order valence-corrected chi connectivity index (χ4v) is 4.23. The molecule has 3 aromatic rings. The lowest BCUT2D eigenvalue weighted by Crippen LogP contribution is -2.26. The highest BCUT2D eigenvalue weighted by molar-refractivity contribution is 7.99. The highest BCUT2D eigenvalue weighted by Gasteiger charge is 2.26. The monoisotopic (exact) mass is 421 g/mol. The van der Waals surface area contributed by atoms with Crippen molar-refractivity contribution in [2.24, 2.45) is 0 Å². The normalized spacial score (nSPS) is 12.5. The van der Waals surface area contributed by atoms with Crippen LogP contribution in [0.3, 0.4) is 0 Å². The number of carbonyl (C=O) groups is 2. The summed E-state index contributed by atoms with van der Waals surface area (Å²) in [6.07, 6.45) is 1.65. The molecule has 0 spiro atoms. The first-order valence-corrected chi connectivity index (χ1v) is 9.92. The largest absolute Gasteiger partial charge is 0.497 e. The molecule has 30 heavy (non-hydrogen) atoms. The number of nitrogens with one attached hydrogen (secondary N) is 1. The van der Waals surface area contributed by atoms with Gasteiger partial charge in [-0.3, -0.25) is 9.59 Å². The van der Waals surface area contributed by atoms with Crippen molar-refractivity contribution in [3.05, 3.63) is 65.9 Å². The first kappa shape index (κ1) is 19.8. The number of rotatable bonds is 4. The van der Waals surface area contributed by atoms with Gasteiger partial charge < -0.3 is 19.7 Å². The Balaban J connectivity index is 1.68. The average molecular weight is 421 g/mol. The van der Waals surface area contributed by atoms with Crippen LogP contribution in [-0.4, -0.2) is 38.1 Å². The Morgan fingerprint density at radius 2 is 1.93 bits per heavy atom. The minimum Gasteiger partial charge on any atom is -0.497 e. The predicted molar refractivity (Wildman–Crippen MR) is 115 cm³/mol. The van der Waals surface area contributed by atoms with Crippen molar-refractivity contribution in [2.75, 3.05) is 31.5 Å². The Morgan fingerprint density at radius 1 is 1.10 bits per heavy atom. The number of hydrogen-bond donors (Lipinski definition) is 1. The second-order valence-electron chi connectivity index (χ2n) is 6.53. The molecule has 2 aromatic carbocycles. The molecule has 1 N–H and O–H groups in total. The van der Waals surface area contributed by atoms with Crippen molar-refractivity contribution in [3.8, 4) is 11.5 Å². The summed E-state index contributed by atoms with van der Waals surface area (Å²) in [4.78, 5) is 32.4. The van der Waals surface area contributed by atoms with E-state index in [1.165, 1.54) is 18.9 Å². The average Bonchev–Trinajstić information content (AvgIpc) is 2.88. The first-order chi connectivity index (χ1) is 14.5. The molecule has 0 saturated carbocycles. The molecule has 1 aliphatic rings. The Morgan fingerprint density at radius 3 is 2.70 bits per heavy atom. The molecule has 152 valence electrons. The quantitative estimate of drug-likeness (QED) is 0.683. The number of amides is 2. The number of ether oxygens (including phenoxy) is 2. The lowest BCUT2D eigenvalue weighted by molar-refractivity contribution is 0.0988. The van der Waals surface area contributed by atoms with Crippen molar-refractivity contribution >= 4 is 35.0 Å². The third-order valence-corrected chi connectivity index (χ3v) is 5.82. The standard InChI is InChI=1S/C22H19N3O4S/c1-25-17-8-6-13(11-19(17)30-21-15(22(25)27)5-4-10-23-21)20(26)24-16-12-14(28-2)7-9-18(16)29-3/h4-12H,1-3H3,(H,24,26). The zero-order valence-corrected chi connectivity index (χ0v) is 17.4. The second kappa shape index (κ2) is 8.08. The van der Waals surface area contributed by atoms with E-state index in [1.54, 1.807) is 73.8 Å². The van der Waals surface area contributed by atoms with E-state index in [4.69, 9.17) is 9.47 Å². The summed E-state index contributed by atoms with van der Waals surface area (Å²) in [5.74, 6) is 0.690.